The molecule has 13 heavy (non-hydrogen) atoms. The first-order valence-electron chi connectivity index (χ1n) is 3.40. The molecule has 0 heterocycles. The summed E-state index contributed by atoms with van der Waals surface area (Å²) in [7, 11) is 5.91. The normalized spacial score (nSPS) is 9.46. The number of rotatable bonds is 5. The predicted octanol–water partition coefficient (Wildman–Crippen LogP) is -0.487. The van der Waals surface area contributed by atoms with Crippen molar-refractivity contribution in [2.75, 3.05) is 21.3 Å². The molecule has 0 spiro atoms. The van der Waals surface area contributed by atoms with Crippen molar-refractivity contribution >= 4 is 10.2 Å². The van der Waals surface area contributed by atoms with Gasteiger partial charge in [-0.3, -0.25) is 0 Å². The summed E-state index contributed by atoms with van der Waals surface area (Å²) in [6, 6.07) is 1.11. The molecule has 0 fully saturated rings. The van der Waals surface area contributed by atoms with Crippen molar-refractivity contribution in [3.8, 4) is 0 Å². The van der Waals surface area contributed by atoms with Crippen LogP contribution in [0.3, 0.4) is 0 Å². The topological polar surface area (TPSA) is 84.7 Å². The van der Waals surface area contributed by atoms with Gasteiger partial charge in [-0.1, -0.05) is 6.04 Å². The average molecular weight is 244 g/mol. The Balaban J connectivity index is -0.000000135. The Labute approximate surface area is 97.0 Å². The monoisotopic (exact) mass is 244 g/mol. The zero-order valence-corrected chi connectivity index (χ0v) is 12.0. The van der Waals surface area contributed by atoms with Gasteiger partial charge in [-0.05, 0) is 0 Å². The van der Waals surface area contributed by atoms with E-state index in [9.17, 15) is 0 Å². The minimum absolute atomic E-state index is 0. The first-order chi connectivity index (χ1) is 4.74. The van der Waals surface area contributed by atoms with Crippen LogP contribution in [0.15, 0.2) is 0 Å². The van der Waals surface area contributed by atoms with E-state index in [2.05, 4.69) is 0 Å². The van der Waals surface area contributed by atoms with Crippen LogP contribution < -0.4 is 0 Å². The van der Waals surface area contributed by atoms with Crippen molar-refractivity contribution in [1.82, 2.24) is 0 Å². The molecular formula is C6H16O5SiTi. The molecule has 0 atom stereocenters. The van der Waals surface area contributed by atoms with Gasteiger partial charge in [0.1, 0.15) is 0 Å². The first-order valence-corrected chi connectivity index (χ1v) is 4.81. The third kappa shape index (κ3) is 7.78. The number of hydrogen-bond acceptors (Lipinski definition) is 3. The van der Waals surface area contributed by atoms with Crippen molar-refractivity contribution in [3.05, 3.63) is 0 Å². The van der Waals surface area contributed by atoms with E-state index >= 15 is 0 Å². The van der Waals surface area contributed by atoms with Crippen molar-refractivity contribution < 1.29 is 46.9 Å². The summed E-state index contributed by atoms with van der Waals surface area (Å²) in [5, 5.41) is 0. The molecule has 0 aromatic rings. The van der Waals surface area contributed by atoms with E-state index in [0.29, 0.717) is 0 Å². The maximum absolute atomic E-state index is 5.05. The first kappa shape index (κ1) is 23.5. The summed E-state index contributed by atoms with van der Waals surface area (Å²) >= 11 is 0. The number of ether oxygens (including phenoxy) is 3. The zero-order chi connectivity index (χ0) is 8.04. The van der Waals surface area contributed by atoms with E-state index in [1.165, 1.54) is 0 Å². The fourth-order valence-corrected chi connectivity index (χ4v) is 1.47. The van der Waals surface area contributed by atoms with Gasteiger partial charge in [0.05, 0.1) is 0 Å². The molecule has 0 saturated carbocycles. The quantitative estimate of drug-likeness (QED) is 0.483. The second kappa shape index (κ2) is 12.7. The van der Waals surface area contributed by atoms with Crippen LogP contribution in [-0.2, 0) is 46.9 Å². The van der Waals surface area contributed by atoms with Gasteiger partial charge in [-0.2, -0.15) is 0 Å². The summed E-state index contributed by atoms with van der Waals surface area (Å²) in [6.45, 7) is 0. The van der Waals surface area contributed by atoms with E-state index < -0.39 is 5.97 Å². The van der Waals surface area contributed by atoms with Gasteiger partial charge in [0, 0.05) is 38.0 Å². The largest absolute Gasteiger partial charge is 4.00 e. The Bertz CT molecular complexity index is 82.8. The molecule has 0 amide bonds. The predicted molar refractivity (Wildman–Crippen MR) is 44.5 cm³/mol. The molecule has 0 aliphatic carbocycles. The minimum Gasteiger partial charge on any atom is -2.00 e. The molecule has 0 aromatic heterocycles. The number of methoxy groups -OCH3 is 3. The second-order valence-corrected chi connectivity index (χ2v) is 3.05. The Morgan fingerprint density at radius 2 is 1.31 bits per heavy atom. The van der Waals surface area contributed by atoms with Gasteiger partial charge < -0.3 is 25.2 Å². The summed E-state index contributed by atoms with van der Waals surface area (Å²) in [6.07, 6.45) is 0.808. The third-order valence-electron chi connectivity index (χ3n) is 1.49. The van der Waals surface area contributed by atoms with Gasteiger partial charge in [-0.15, -0.1) is 0 Å². The van der Waals surface area contributed by atoms with Gasteiger partial charge in [0.15, 0.2) is 0 Å². The van der Waals surface area contributed by atoms with E-state index in [-0.39, 0.29) is 32.7 Å². The van der Waals surface area contributed by atoms with Gasteiger partial charge in [-0.25, -0.2) is 0 Å². The van der Waals surface area contributed by atoms with Crippen LogP contribution in [0.2, 0.25) is 6.04 Å². The average Bonchev–Trinajstić information content (AvgIpc) is 2.01. The van der Waals surface area contributed by atoms with Crippen LogP contribution in [0.25, 0.3) is 0 Å². The SMILES string of the molecule is COC(CC[SiH3])(OC)OC.[O-2].[O-2].[Ti+4]. The molecular weight excluding hydrogens is 228 g/mol. The molecule has 0 bridgehead atoms. The van der Waals surface area contributed by atoms with Crippen molar-refractivity contribution in [3.63, 3.8) is 0 Å². The summed E-state index contributed by atoms with van der Waals surface area (Å²) in [5.74, 6) is -0.790. The van der Waals surface area contributed by atoms with E-state index in [1.54, 1.807) is 21.3 Å². The third-order valence-corrected chi connectivity index (χ3v) is 1.99. The molecule has 0 saturated heterocycles. The van der Waals surface area contributed by atoms with Gasteiger partial charge >= 0.3 is 21.7 Å². The molecule has 7 heteroatoms. The zero-order valence-electron chi connectivity index (χ0n) is 8.46. The molecule has 0 aromatic carbocycles. The molecule has 0 rings (SSSR count). The molecule has 0 N–H and O–H groups in total. The van der Waals surface area contributed by atoms with Gasteiger partial charge in [0.2, 0.25) is 0 Å². The molecule has 78 valence electrons. The Hall–Kier alpha value is 0.731. The molecule has 0 aliphatic heterocycles. The Kier molecular flexibility index (Phi) is 23.0. The molecule has 5 nitrogen and oxygen atoms in total. The summed E-state index contributed by atoms with van der Waals surface area (Å²) in [5.41, 5.74) is 0. The molecule has 0 aliphatic rings. The van der Waals surface area contributed by atoms with Crippen molar-refractivity contribution in [1.29, 1.82) is 0 Å². The van der Waals surface area contributed by atoms with Crippen molar-refractivity contribution in [2.45, 2.75) is 18.4 Å². The van der Waals surface area contributed by atoms with E-state index in [0.717, 1.165) is 22.7 Å². The van der Waals surface area contributed by atoms with Crippen LogP contribution in [-0.4, -0.2) is 37.5 Å². The van der Waals surface area contributed by atoms with E-state index in [1.807, 2.05) is 0 Å². The molecule has 0 radical (unpaired) electrons. The van der Waals surface area contributed by atoms with Crippen molar-refractivity contribution in [2.24, 2.45) is 0 Å². The standard InChI is InChI=1S/C6H16O3Si.2O.Ti/c1-7-6(8-2,9-3)4-5-10;;;/h4-5H2,1-3,10H3;;;/q;2*-2;+4. The second-order valence-electron chi connectivity index (χ2n) is 2.05. The van der Waals surface area contributed by atoms with Crippen LogP contribution >= 0.6 is 0 Å². The summed E-state index contributed by atoms with van der Waals surface area (Å²) in [4.78, 5) is 0. The van der Waals surface area contributed by atoms with Gasteiger partial charge in [0.25, 0.3) is 5.97 Å². The van der Waals surface area contributed by atoms with E-state index in [4.69, 9.17) is 14.2 Å². The van der Waals surface area contributed by atoms with Crippen LogP contribution in [0, 0.1) is 0 Å². The number of hydrogen-bond donors (Lipinski definition) is 0. The fraction of sp³-hybridized carbons (Fsp3) is 1.00. The smallest absolute Gasteiger partial charge is 2.00 e. The van der Waals surface area contributed by atoms with Crippen LogP contribution in [0.4, 0.5) is 0 Å². The maximum atomic E-state index is 5.05. The Morgan fingerprint density at radius 1 is 1.00 bits per heavy atom. The van der Waals surface area contributed by atoms with Crippen LogP contribution in [0.5, 0.6) is 0 Å². The molecule has 0 unspecified atom stereocenters. The maximum Gasteiger partial charge on any atom is 4.00 e. The fourth-order valence-electron chi connectivity index (χ4n) is 0.862. The Morgan fingerprint density at radius 3 is 1.38 bits per heavy atom. The van der Waals surface area contributed by atoms with Crippen LogP contribution in [0.1, 0.15) is 6.42 Å². The minimum atomic E-state index is -0.790. The summed E-state index contributed by atoms with van der Waals surface area (Å²) < 4.78 is 15.2.